The minimum Gasteiger partial charge on any atom is -0.274 e. The Bertz CT molecular complexity index is 572. The van der Waals surface area contributed by atoms with Gasteiger partial charge in [0, 0.05) is 10.9 Å². The van der Waals surface area contributed by atoms with Crippen LogP contribution < -0.4 is 4.90 Å². The number of rotatable bonds is 1. The van der Waals surface area contributed by atoms with Crippen molar-refractivity contribution < 1.29 is 9.59 Å². The molecule has 2 heterocycles. The van der Waals surface area contributed by atoms with E-state index < -0.39 is 5.54 Å². The predicted molar refractivity (Wildman–Crippen MR) is 68.3 cm³/mol. The minimum absolute atomic E-state index is 0.127. The lowest BCUT2D eigenvalue weighted by Crippen LogP contribution is -2.38. The van der Waals surface area contributed by atoms with Gasteiger partial charge in [0.15, 0.2) is 5.54 Å². The number of carbonyl (C=O) groups is 2. The number of nitrogens with zero attached hydrogens (tertiary/aromatic N) is 3. The van der Waals surface area contributed by atoms with Crippen LogP contribution >= 0.6 is 15.9 Å². The zero-order valence-corrected chi connectivity index (χ0v) is 11.1. The van der Waals surface area contributed by atoms with E-state index in [2.05, 4.69) is 26.2 Å². The summed E-state index contributed by atoms with van der Waals surface area (Å²) in [7, 11) is 0. The van der Waals surface area contributed by atoms with Crippen molar-refractivity contribution in [2.24, 2.45) is 10.2 Å². The average molecular weight is 308 g/mol. The lowest BCUT2D eigenvalue weighted by Gasteiger charge is -2.17. The van der Waals surface area contributed by atoms with Gasteiger partial charge in [-0.1, -0.05) is 22.0 Å². The molecule has 92 valence electrons. The third kappa shape index (κ3) is 1.59. The van der Waals surface area contributed by atoms with Crippen LogP contribution in [0.25, 0.3) is 0 Å². The molecule has 0 unspecified atom stereocenters. The summed E-state index contributed by atoms with van der Waals surface area (Å²) in [5, 5.41) is 7.86. The summed E-state index contributed by atoms with van der Waals surface area (Å²) in [6.07, 6.45) is 0.657. The molecular weight excluding hydrogens is 298 g/mol. The number of hydrogen-bond acceptors (Lipinski definition) is 4. The molecule has 1 saturated heterocycles. The van der Waals surface area contributed by atoms with Crippen molar-refractivity contribution in [3.63, 3.8) is 0 Å². The van der Waals surface area contributed by atoms with Gasteiger partial charge >= 0.3 is 0 Å². The Morgan fingerprint density at radius 1 is 1.33 bits per heavy atom. The van der Waals surface area contributed by atoms with Gasteiger partial charge in [-0.15, -0.1) is 0 Å². The highest BCUT2D eigenvalue weighted by atomic mass is 79.9. The van der Waals surface area contributed by atoms with E-state index in [-0.39, 0.29) is 18.2 Å². The number of amides is 2. The smallest absolute Gasteiger partial charge is 0.264 e. The van der Waals surface area contributed by atoms with Gasteiger partial charge in [-0.05, 0) is 18.2 Å². The third-order valence-electron chi connectivity index (χ3n) is 3.25. The number of anilines is 1. The molecule has 0 bridgehead atoms. The molecule has 2 amide bonds. The summed E-state index contributed by atoms with van der Waals surface area (Å²) in [5.41, 5.74) is -0.349. The number of halogens is 1. The summed E-state index contributed by atoms with van der Waals surface area (Å²) in [5.74, 6) is -0.467. The van der Waals surface area contributed by atoms with Crippen LogP contribution in [-0.4, -0.2) is 23.9 Å². The SMILES string of the molecule is O=C1C[C@]2(CCN=N2)C(=O)N1c1cccc(Br)c1. The fourth-order valence-electron chi connectivity index (χ4n) is 2.35. The van der Waals surface area contributed by atoms with Gasteiger partial charge in [0.05, 0.1) is 18.7 Å². The maximum Gasteiger partial charge on any atom is 0.264 e. The summed E-state index contributed by atoms with van der Waals surface area (Å²) >= 11 is 3.33. The zero-order valence-electron chi connectivity index (χ0n) is 9.47. The van der Waals surface area contributed by atoms with Gasteiger partial charge in [-0.25, -0.2) is 4.90 Å². The Hall–Kier alpha value is -1.56. The maximum atomic E-state index is 12.4. The summed E-state index contributed by atoms with van der Waals surface area (Å²) in [6, 6.07) is 7.13. The number of carbonyl (C=O) groups excluding carboxylic acids is 2. The maximum absolute atomic E-state index is 12.4. The van der Waals surface area contributed by atoms with Gasteiger partial charge in [0.1, 0.15) is 0 Å². The van der Waals surface area contributed by atoms with Gasteiger partial charge in [-0.3, -0.25) is 9.59 Å². The van der Waals surface area contributed by atoms with Crippen molar-refractivity contribution in [3.05, 3.63) is 28.7 Å². The van der Waals surface area contributed by atoms with E-state index in [1.54, 1.807) is 18.2 Å². The van der Waals surface area contributed by atoms with Gasteiger partial charge in [0.2, 0.25) is 5.91 Å². The molecule has 0 aromatic heterocycles. The van der Waals surface area contributed by atoms with Crippen LogP contribution in [-0.2, 0) is 9.59 Å². The molecule has 0 N–H and O–H groups in total. The Labute approximate surface area is 112 Å². The van der Waals surface area contributed by atoms with E-state index in [9.17, 15) is 9.59 Å². The van der Waals surface area contributed by atoms with Crippen LogP contribution in [0.15, 0.2) is 39.0 Å². The van der Waals surface area contributed by atoms with E-state index in [1.807, 2.05) is 6.07 Å². The second kappa shape index (κ2) is 3.98. The molecule has 0 saturated carbocycles. The van der Waals surface area contributed by atoms with Gasteiger partial charge in [-0.2, -0.15) is 10.2 Å². The largest absolute Gasteiger partial charge is 0.274 e. The fourth-order valence-corrected chi connectivity index (χ4v) is 2.73. The lowest BCUT2D eigenvalue weighted by atomic mass is 9.96. The van der Waals surface area contributed by atoms with Crippen LogP contribution in [0, 0.1) is 0 Å². The molecule has 1 spiro atoms. The predicted octanol–water partition coefficient (Wildman–Crippen LogP) is 2.31. The minimum atomic E-state index is -0.931. The molecule has 0 aliphatic carbocycles. The van der Waals surface area contributed by atoms with Gasteiger partial charge < -0.3 is 0 Å². The van der Waals surface area contributed by atoms with Crippen molar-refractivity contribution in [1.29, 1.82) is 0 Å². The second-order valence-corrected chi connectivity index (χ2v) is 5.35. The number of benzene rings is 1. The summed E-state index contributed by atoms with van der Waals surface area (Å²) in [6.45, 7) is 0.519. The first-order chi connectivity index (χ1) is 8.62. The highest BCUT2D eigenvalue weighted by molar-refractivity contribution is 9.10. The molecule has 0 radical (unpaired) electrons. The molecule has 1 aromatic rings. The molecule has 18 heavy (non-hydrogen) atoms. The van der Waals surface area contributed by atoms with E-state index in [4.69, 9.17) is 0 Å². The molecule has 1 atom stereocenters. The van der Waals surface area contributed by atoms with Crippen molar-refractivity contribution in [3.8, 4) is 0 Å². The first-order valence-electron chi connectivity index (χ1n) is 5.64. The summed E-state index contributed by atoms with van der Waals surface area (Å²) in [4.78, 5) is 25.7. The van der Waals surface area contributed by atoms with E-state index >= 15 is 0 Å². The number of imide groups is 1. The van der Waals surface area contributed by atoms with Crippen LogP contribution in [0.2, 0.25) is 0 Å². The van der Waals surface area contributed by atoms with E-state index in [0.717, 1.165) is 4.47 Å². The highest BCUT2D eigenvalue weighted by Gasteiger charge is 2.54. The Kier molecular flexibility index (Phi) is 2.55. The van der Waals surface area contributed by atoms with E-state index in [0.29, 0.717) is 18.7 Å². The lowest BCUT2D eigenvalue weighted by molar-refractivity contribution is -0.122. The fraction of sp³-hybridized carbons (Fsp3) is 0.333. The van der Waals surface area contributed by atoms with Crippen LogP contribution in [0.3, 0.4) is 0 Å². The van der Waals surface area contributed by atoms with Crippen molar-refractivity contribution in [2.45, 2.75) is 18.4 Å². The highest BCUT2D eigenvalue weighted by Crippen LogP contribution is 2.38. The van der Waals surface area contributed by atoms with Gasteiger partial charge in [0.25, 0.3) is 5.91 Å². The number of hydrogen-bond donors (Lipinski definition) is 0. The van der Waals surface area contributed by atoms with Crippen LogP contribution in [0.4, 0.5) is 5.69 Å². The molecule has 3 rings (SSSR count). The molecule has 2 aliphatic heterocycles. The molecule has 1 fully saturated rings. The number of azo groups is 1. The standard InChI is InChI=1S/C12H10BrN3O2/c13-8-2-1-3-9(6-8)16-10(17)7-12(11(16)18)4-5-14-15-12/h1-3,6H,4-5,7H2/t12-/m1/s1. The Morgan fingerprint density at radius 3 is 2.83 bits per heavy atom. The van der Waals surface area contributed by atoms with Crippen molar-refractivity contribution >= 4 is 33.4 Å². The van der Waals surface area contributed by atoms with Crippen molar-refractivity contribution in [2.75, 3.05) is 11.4 Å². The van der Waals surface area contributed by atoms with Crippen LogP contribution in [0.1, 0.15) is 12.8 Å². The Balaban J connectivity index is 2.01. The molecular formula is C12H10BrN3O2. The molecule has 6 heteroatoms. The van der Waals surface area contributed by atoms with Crippen LogP contribution in [0.5, 0.6) is 0 Å². The van der Waals surface area contributed by atoms with E-state index in [1.165, 1.54) is 4.90 Å². The van der Waals surface area contributed by atoms with Crippen molar-refractivity contribution in [1.82, 2.24) is 0 Å². The second-order valence-electron chi connectivity index (χ2n) is 4.44. The third-order valence-corrected chi connectivity index (χ3v) is 3.74. The molecule has 5 nitrogen and oxygen atoms in total. The summed E-state index contributed by atoms with van der Waals surface area (Å²) < 4.78 is 0.828. The first-order valence-corrected chi connectivity index (χ1v) is 6.43. The average Bonchev–Trinajstić information content (AvgIpc) is 2.87. The zero-order chi connectivity index (χ0) is 12.8. The first kappa shape index (κ1) is 11.5. The quantitative estimate of drug-likeness (QED) is 0.747. The monoisotopic (exact) mass is 307 g/mol. The normalized spacial score (nSPS) is 26.6. The topological polar surface area (TPSA) is 62.1 Å². The molecule has 1 aromatic carbocycles. The molecule has 2 aliphatic rings. The Morgan fingerprint density at radius 2 is 2.17 bits per heavy atom.